The molecule has 0 bridgehead atoms. The highest BCUT2D eigenvalue weighted by atomic mass is 32.2. The molecule has 0 atom stereocenters. The third-order valence-electron chi connectivity index (χ3n) is 4.23. The standard InChI is InChI=1S/C20H17N3O3S/c1-27(25,26)23-15-6-2-5-13(11-15)16-8-3-9-18-19(16)17(20(24)22-18)12-14-7-4-10-21-14/h2-12,21,23H,1H3,(H,22,24)/b17-12-. The van der Waals surface area contributed by atoms with Crippen LogP contribution >= 0.6 is 0 Å². The van der Waals surface area contributed by atoms with Gasteiger partial charge >= 0.3 is 0 Å². The zero-order valence-electron chi connectivity index (χ0n) is 14.5. The topological polar surface area (TPSA) is 91.1 Å². The molecule has 7 heteroatoms. The normalized spacial score (nSPS) is 14.9. The number of carbonyl (C=O) groups excluding carboxylic acids is 1. The van der Waals surface area contributed by atoms with Crippen molar-refractivity contribution < 1.29 is 13.2 Å². The Kier molecular flexibility index (Phi) is 4.08. The lowest BCUT2D eigenvalue weighted by Gasteiger charge is -2.11. The predicted molar refractivity (Wildman–Crippen MR) is 108 cm³/mol. The van der Waals surface area contributed by atoms with Crippen LogP contribution in [-0.4, -0.2) is 25.6 Å². The highest BCUT2D eigenvalue weighted by Gasteiger charge is 2.27. The van der Waals surface area contributed by atoms with Gasteiger partial charge in [-0.15, -0.1) is 0 Å². The third kappa shape index (κ3) is 3.50. The van der Waals surface area contributed by atoms with Gasteiger partial charge in [0.2, 0.25) is 10.0 Å². The number of rotatable bonds is 4. The molecule has 0 spiro atoms. The van der Waals surface area contributed by atoms with E-state index in [1.54, 1.807) is 24.4 Å². The van der Waals surface area contributed by atoms with E-state index in [4.69, 9.17) is 0 Å². The van der Waals surface area contributed by atoms with Crippen LogP contribution < -0.4 is 10.0 Å². The number of hydrogen-bond donors (Lipinski definition) is 3. The molecule has 0 unspecified atom stereocenters. The number of nitrogens with one attached hydrogen (secondary N) is 3. The van der Waals surface area contributed by atoms with Gasteiger partial charge in [-0.3, -0.25) is 9.52 Å². The second-order valence-corrected chi connectivity index (χ2v) is 8.07. The summed E-state index contributed by atoms with van der Waals surface area (Å²) < 4.78 is 25.5. The monoisotopic (exact) mass is 379 g/mol. The van der Waals surface area contributed by atoms with Gasteiger partial charge in [0.05, 0.1) is 11.8 Å². The van der Waals surface area contributed by atoms with Crippen molar-refractivity contribution >= 4 is 39.0 Å². The first kappa shape index (κ1) is 17.1. The minimum Gasteiger partial charge on any atom is -0.362 e. The van der Waals surface area contributed by atoms with E-state index in [0.29, 0.717) is 11.3 Å². The molecule has 1 aromatic heterocycles. The summed E-state index contributed by atoms with van der Waals surface area (Å²) in [5.74, 6) is -0.169. The number of hydrogen-bond acceptors (Lipinski definition) is 3. The van der Waals surface area contributed by atoms with E-state index < -0.39 is 10.0 Å². The second-order valence-electron chi connectivity index (χ2n) is 6.32. The van der Waals surface area contributed by atoms with Gasteiger partial charge in [0.1, 0.15) is 0 Å². The summed E-state index contributed by atoms with van der Waals surface area (Å²) in [6, 6.07) is 16.5. The largest absolute Gasteiger partial charge is 0.362 e. The lowest BCUT2D eigenvalue weighted by Crippen LogP contribution is -2.09. The van der Waals surface area contributed by atoms with Gasteiger partial charge in [0.15, 0.2) is 0 Å². The van der Waals surface area contributed by atoms with Crippen molar-refractivity contribution in [2.45, 2.75) is 0 Å². The molecule has 0 saturated heterocycles. The Balaban J connectivity index is 1.85. The number of aromatic nitrogens is 1. The summed E-state index contributed by atoms with van der Waals surface area (Å²) in [6.45, 7) is 0. The van der Waals surface area contributed by atoms with Crippen LogP contribution in [0.1, 0.15) is 11.3 Å². The maximum absolute atomic E-state index is 12.5. The Morgan fingerprint density at radius 1 is 1.04 bits per heavy atom. The lowest BCUT2D eigenvalue weighted by molar-refractivity contribution is -0.110. The van der Waals surface area contributed by atoms with E-state index in [1.807, 2.05) is 42.5 Å². The fourth-order valence-electron chi connectivity index (χ4n) is 3.18. The van der Waals surface area contributed by atoms with Crippen LogP contribution in [-0.2, 0) is 14.8 Å². The fraction of sp³-hybridized carbons (Fsp3) is 0.0500. The summed E-state index contributed by atoms with van der Waals surface area (Å²) in [7, 11) is -3.37. The highest BCUT2D eigenvalue weighted by molar-refractivity contribution is 7.92. The number of anilines is 2. The van der Waals surface area contributed by atoms with E-state index in [9.17, 15) is 13.2 Å². The Morgan fingerprint density at radius 2 is 1.85 bits per heavy atom. The van der Waals surface area contributed by atoms with Gasteiger partial charge in [-0.2, -0.15) is 0 Å². The summed E-state index contributed by atoms with van der Waals surface area (Å²) in [5.41, 5.74) is 5.06. The minimum atomic E-state index is -3.37. The van der Waals surface area contributed by atoms with Crippen LogP contribution in [0.2, 0.25) is 0 Å². The Morgan fingerprint density at radius 3 is 2.59 bits per heavy atom. The van der Waals surface area contributed by atoms with E-state index >= 15 is 0 Å². The third-order valence-corrected chi connectivity index (χ3v) is 4.83. The molecule has 1 aliphatic heterocycles. The number of fused-ring (bicyclic) bond motifs is 1. The molecule has 0 saturated carbocycles. The van der Waals surface area contributed by atoms with Gasteiger partial charge in [0.25, 0.3) is 5.91 Å². The number of benzene rings is 2. The maximum Gasteiger partial charge on any atom is 0.256 e. The SMILES string of the molecule is CS(=O)(=O)Nc1cccc(-c2cccc3c2/C(=C/c2ccc[nH]2)C(=O)N3)c1. The Bertz CT molecular complexity index is 1160. The van der Waals surface area contributed by atoms with Crippen LogP contribution in [0.3, 0.4) is 0 Å². The highest BCUT2D eigenvalue weighted by Crippen LogP contribution is 2.40. The van der Waals surface area contributed by atoms with Crippen molar-refractivity contribution in [2.24, 2.45) is 0 Å². The zero-order valence-corrected chi connectivity index (χ0v) is 15.3. The number of carbonyl (C=O) groups is 1. The summed E-state index contributed by atoms with van der Waals surface area (Å²) in [5, 5.41) is 2.89. The lowest BCUT2D eigenvalue weighted by atomic mass is 9.94. The molecule has 6 nitrogen and oxygen atoms in total. The molecule has 136 valence electrons. The quantitative estimate of drug-likeness (QED) is 0.606. The number of aromatic amines is 1. The van der Waals surface area contributed by atoms with Crippen LogP contribution in [0.25, 0.3) is 22.8 Å². The second kappa shape index (κ2) is 6.44. The molecule has 1 aliphatic rings. The van der Waals surface area contributed by atoms with E-state index in [0.717, 1.165) is 34.3 Å². The van der Waals surface area contributed by atoms with Gasteiger partial charge < -0.3 is 10.3 Å². The number of amides is 1. The van der Waals surface area contributed by atoms with Gasteiger partial charge in [-0.05, 0) is 47.5 Å². The first-order valence-corrected chi connectivity index (χ1v) is 10.2. The average molecular weight is 379 g/mol. The molecule has 0 fully saturated rings. The van der Waals surface area contributed by atoms with Crippen molar-refractivity contribution in [1.82, 2.24) is 4.98 Å². The van der Waals surface area contributed by atoms with Crippen molar-refractivity contribution in [1.29, 1.82) is 0 Å². The molecular formula is C20H17N3O3S. The molecule has 3 N–H and O–H groups in total. The zero-order chi connectivity index (χ0) is 19.0. The van der Waals surface area contributed by atoms with Crippen LogP contribution in [0.4, 0.5) is 11.4 Å². The first-order valence-electron chi connectivity index (χ1n) is 8.29. The molecule has 27 heavy (non-hydrogen) atoms. The van der Waals surface area contributed by atoms with Crippen LogP contribution in [0.5, 0.6) is 0 Å². The Labute approximate surface area is 157 Å². The predicted octanol–water partition coefficient (Wildman–Crippen LogP) is 3.55. The van der Waals surface area contributed by atoms with Crippen molar-refractivity contribution in [3.05, 3.63) is 72.1 Å². The summed E-state index contributed by atoms with van der Waals surface area (Å²) >= 11 is 0. The summed E-state index contributed by atoms with van der Waals surface area (Å²) in [6.07, 6.45) is 4.72. The molecule has 2 aromatic carbocycles. The average Bonchev–Trinajstić information content (AvgIpc) is 3.22. The van der Waals surface area contributed by atoms with Crippen molar-refractivity contribution in [2.75, 3.05) is 16.3 Å². The van der Waals surface area contributed by atoms with E-state index in [1.165, 1.54) is 0 Å². The summed E-state index contributed by atoms with van der Waals surface area (Å²) in [4.78, 5) is 15.6. The molecular weight excluding hydrogens is 362 g/mol. The molecule has 0 aliphatic carbocycles. The smallest absolute Gasteiger partial charge is 0.256 e. The number of sulfonamides is 1. The molecule has 0 radical (unpaired) electrons. The molecule has 4 rings (SSSR count). The molecule has 3 aromatic rings. The van der Waals surface area contributed by atoms with Crippen molar-refractivity contribution in [3.63, 3.8) is 0 Å². The van der Waals surface area contributed by atoms with Gasteiger partial charge in [-0.1, -0.05) is 24.3 Å². The van der Waals surface area contributed by atoms with Gasteiger partial charge in [0, 0.05) is 28.8 Å². The van der Waals surface area contributed by atoms with Crippen LogP contribution in [0, 0.1) is 0 Å². The number of H-pyrrole nitrogens is 1. The van der Waals surface area contributed by atoms with Crippen LogP contribution in [0.15, 0.2) is 60.8 Å². The first-order chi connectivity index (χ1) is 12.9. The van der Waals surface area contributed by atoms with Crippen molar-refractivity contribution in [3.8, 4) is 11.1 Å². The van der Waals surface area contributed by atoms with E-state index in [2.05, 4.69) is 15.0 Å². The molecule has 2 heterocycles. The fourth-order valence-corrected chi connectivity index (χ4v) is 3.74. The van der Waals surface area contributed by atoms with E-state index in [-0.39, 0.29) is 5.91 Å². The molecule has 1 amide bonds. The van der Waals surface area contributed by atoms with Gasteiger partial charge in [-0.25, -0.2) is 8.42 Å². The minimum absolute atomic E-state index is 0.169. The maximum atomic E-state index is 12.5. The Hall–Kier alpha value is -3.32.